The number of sulfonamides is 1. The molecule has 7 heteroatoms. The molecule has 0 saturated heterocycles. The summed E-state index contributed by atoms with van der Waals surface area (Å²) in [5, 5.41) is 2.61. The Kier molecular flexibility index (Phi) is 2.22. The molecular formula is C8H9N3O3S. The standard InChI is InChI=1S/C8H9N3O3S/c9-11-15(13,14)6-1-2-7-5(3-6)4-8(12)10-7/h1-3,11H,4,9H2,(H,10,12). The zero-order chi connectivity index (χ0) is 11.1. The monoisotopic (exact) mass is 227 g/mol. The fourth-order valence-electron chi connectivity index (χ4n) is 1.44. The fraction of sp³-hybridized carbons (Fsp3) is 0.125. The Morgan fingerprint density at radius 3 is 2.80 bits per heavy atom. The molecule has 1 aliphatic heterocycles. The number of carbonyl (C=O) groups is 1. The van der Waals surface area contributed by atoms with E-state index in [2.05, 4.69) is 5.32 Å². The number of hydrogen-bond donors (Lipinski definition) is 3. The second kappa shape index (κ2) is 3.30. The van der Waals surface area contributed by atoms with Crippen LogP contribution in [-0.4, -0.2) is 14.3 Å². The van der Waals surface area contributed by atoms with Gasteiger partial charge in [0.05, 0.1) is 11.3 Å². The van der Waals surface area contributed by atoms with Crippen molar-refractivity contribution in [2.45, 2.75) is 11.3 Å². The van der Waals surface area contributed by atoms with Gasteiger partial charge in [0, 0.05) is 5.69 Å². The zero-order valence-electron chi connectivity index (χ0n) is 7.65. The van der Waals surface area contributed by atoms with Crippen LogP contribution in [0, 0.1) is 0 Å². The molecule has 6 nitrogen and oxygen atoms in total. The third kappa shape index (κ3) is 1.72. The van der Waals surface area contributed by atoms with Crippen molar-refractivity contribution < 1.29 is 13.2 Å². The minimum Gasteiger partial charge on any atom is -0.326 e. The van der Waals surface area contributed by atoms with Crippen molar-refractivity contribution in [2.24, 2.45) is 5.84 Å². The molecule has 0 radical (unpaired) electrons. The molecule has 0 aromatic heterocycles. The molecule has 1 aromatic carbocycles. The number of benzene rings is 1. The number of hydrazine groups is 1. The SMILES string of the molecule is NNS(=O)(=O)c1ccc2c(c1)CC(=O)N2. The number of nitrogens with two attached hydrogens (primary N) is 1. The predicted octanol–water partition coefficient (Wildman–Crippen LogP) is -0.667. The Labute approximate surface area is 86.5 Å². The lowest BCUT2D eigenvalue weighted by molar-refractivity contribution is -0.115. The highest BCUT2D eigenvalue weighted by Crippen LogP contribution is 2.25. The summed E-state index contributed by atoms with van der Waals surface area (Å²) in [6, 6.07) is 4.37. The van der Waals surface area contributed by atoms with Gasteiger partial charge in [-0.15, -0.1) is 0 Å². The molecule has 2 rings (SSSR count). The van der Waals surface area contributed by atoms with Gasteiger partial charge in [-0.25, -0.2) is 8.42 Å². The first kappa shape index (κ1) is 10.1. The van der Waals surface area contributed by atoms with Gasteiger partial charge in [0.15, 0.2) is 0 Å². The topological polar surface area (TPSA) is 101 Å². The summed E-state index contributed by atoms with van der Waals surface area (Å²) < 4.78 is 22.7. The smallest absolute Gasteiger partial charge is 0.253 e. The number of nitrogens with one attached hydrogen (secondary N) is 2. The molecular weight excluding hydrogens is 218 g/mol. The Morgan fingerprint density at radius 2 is 2.13 bits per heavy atom. The van der Waals surface area contributed by atoms with Crippen LogP contribution in [0.5, 0.6) is 0 Å². The van der Waals surface area contributed by atoms with E-state index in [9.17, 15) is 13.2 Å². The van der Waals surface area contributed by atoms with Crippen LogP contribution in [0.3, 0.4) is 0 Å². The summed E-state index contributed by atoms with van der Waals surface area (Å²) in [7, 11) is -3.65. The van der Waals surface area contributed by atoms with Crippen molar-refractivity contribution in [1.82, 2.24) is 4.83 Å². The van der Waals surface area contributed by atoms with Crippen LogP contribution in [0.4, 0.5) is 5.69 Å². The van der Waals surface area contributed by atoms with Crippen LogP contribution in [0.2, 0.25) is 0 Å². The summed E-state index contributed by atoms with van der Waals surface area (Å²) in [5.74, 6) is 4.75. The average molecular weight is 227 g/mol. The average Bonchev–Trinajstić information content (AvgIpc) is 2.56. The van der Waals surface area contributed by atoms with Crippen molar-refractivity contribution in [1.29, 1.82) is 0 Å². The van der Waals surface area contributed by atoms with Gasteiger partial charge < -0.3 is 5.32 Å². The third-order valence-corrected chi connectivity index (χ3v) is 3.35. The lowest BCUT2D eigenvalue weighted by Gasteiger charge is -2.04. The number of amides is 1. The first-order valence-corrected chi connectivity index (χ1v) is 5.66. The molecule has 15 heavy (non-hydrogen) atoms. The summed E-state index contributed by atoms with van der Waals surface area (Å²) >= 11 is 0. The van der Waals surface area contributed by atoms with E-state index in [4.69, 9.17) is 5.84 Å². The van der Waals surface area contributed by atoms with Crippen molar-refractivity contribution in [3.05, 3.63) is 23.8 Å². The molecule has 1 aromatic rings. The van der Waals surface area contributed by atoms with Gasteiger partial charge in [-0.3, -0.25) is 10.6 Å². The fourth-order valence-corrected chi connectivity index (χ4v) is 2.12. The van der Waals surface area contributed by atoms with Crippen LogP contribution in [-0.2, 0) is 21.2 Å². The zero-order valence-corrected chi connectivity index (χ0v) is 8.47. The Morgan fingerprint density at radius 1 is 1.40 bits per heavy atom. The summed E-state index contributed by atoms with van der Waals surface area (Å²) in [4.78, 5) is 12.8. The van der Waals surface area contributed by atoms with Crippen molar-refractivity contribution in [3.8, 4) is 0 Å². The molecule has 0 spiro atoms. The minimum atomic E-state index is -3.65. The summed E-state index contributed by atoms with van der Waals surface area (Å²) in [6.45, 7) is 0. The van der Waals surface area contributed by atoms with E-state index in [1.54, 1.807) is 10.9 Å². The van der Waals surface area contributed by atoms with E-state index in [1.807, 2.05) is 0 Å². The van der Waals surface area contributed by atoms with E-state index in [1.165, 1.54) is 12.1 Å². The highest BCUT2D eigenvalue weighted by atomic mass is 32.2. The molecule has 0 fully saturated rings. The number of carbonyl (C=O) groups excluding carboxylic acids is 1. The predicted molar refractivity (Wildman–Crippen MR) is 53.3 cm³/mol. The highest BCUT2D eigenvalue weighted by molar-refractivity contribution is 7.89. The molecule has 0 aliphatic carbocycles. The molecule has 80 valence electrons. The Balaban J connectivity index is 2.48. The molecule has 1 aliphatic rings. The lowest BCUT2D eigenvalue weighted by Crippen LogP contribution is -2.30. The maximum atomic E-state index is 11.3. The van der Waals surface area contributed by atoms with E-state index in [0.717, 1.165) is 0 Å². The van der Waals surface area contributed by atoms with Crippen LogP contribution >= 0.6 is 0 Å². The molecule has 4 N–H and O–H groups in total. The van der Waals surface area contributed by atoms with Crippen molar-refractivity contribution >= 4 is 21.6 Å². The van der Waals surface area contributed by atoms with Gasteiger partial charge in [-0.1, -0.05) is 0 Å². The lowest BCUT2D eigenvalue weighted by atomic mass is 10.2. The van der Waals surface area contributed by atoms with Crippen LogP contribution in [0.1, 0.15) is 5.56 Å². The molecule has 1 amide bonds. The second-order valence-corrected chi connectivity index (χ2v) is 4.88. The first-order valence-electron chi connectivity index (χ1n) is 4.18. The largest absolute Gasteiger partial charge is 0.326 e. The van der Waals surface area contributed by atoms with Gasteiger partial charge in [-0.2, -0.15) is 4.83 Å². The van der Waals surface area contributed by atoms with Crippen LogP contribution in [0.15, 0.2) is 23.1 Å². The van der Waals surface area contributed by atoms with Gasteiger partial charge in [0.2, 0.25) is 5.91 Å². The molecule has 0 atom stereocenters. The molecule has 0 bridgehead atoms. The quantitative estimate of drug-likeness (QED) is 0.461. The van der Waals surface area contributed by atoms with Crippen molar-refractivity contribution in [2.75, 3.05) is 5.32 Å². The molecule has 0 saturated carbocycles. The maximum absolute atomic E-state index is 11.3. The van der Waals surface area contributed by atoms with Gasteiger partial charge in [0.25, 0.3) is 10.0 Å². The number of fused-ring (bicyclic) bond motifs is 1. The first-order chi connectivity index (χ1) is 7.03. The Hall–Kier alpha value is -1.44. The second-order valence-electron chi connectivity index (χ2n) is 3.17. The maximum Gasteiger partial charge on any atom is 0.253 e. The van der Waals surface area contributed by atoms with E-state index < -0.39 is 10.0 Å². The third-order valence-electron chi connectivity index (χ3n) is 2.17. The number of rotatable bonds is 2. The highest BCUT2D eigenvalue weighted by Gasteiger charge is 2.20. The van der Waals surface area contributed by atoms with Crippen LogP contribution in [0.25, 0.3) is 0 Å². The normalized spacial score (nSPS) is 14.9. The number of anilines is 1. The van der Waals surface area contributed by atoms with E-state index >= 15 is 0 Å². The minimum absolute atomic E-state index is 0.0558. The van der Waals surface area contributed by atoms with Crippen LogP contribution < -0.4 is 16.0 Å². The van der Waals surface area contributed by atoms with Gasteiger partial charge in [0.1, 0.15) is 0 Å². The number of hydrogen-bond acceptors (Lipinski definition) is 4. The Bertz CT molecular complexity index is 524. The van der Waals surface area contributed by atoms with Gasteiger partial charge >= 0.3 is 0 Å². The summed E-state index contributed by atoms with van der Waals surface area (Å²) in [5.41, 5.74) is 1.31. The van der Waals surface area contributed by atoms with E-state index in [-0.39, 0.29) is 17.2 Å². The molecule has 0 unspecified atom stereocenters. The summed E-state index contributed by atoms with van der Waals surface area (Å²) in [6.07, 6.45) is 0.198. The molecule has 1 heterocycles. The van der Waals surface area contributed by atoms with Crippen molar-refractivity contribution in [3.63, 3.8) is 0 Å². The van der Waals surface area contributed by atoms with E-state index in [0.29, 0.717) is 11.3 Å². The van der Waals surface area contributed by atoms with Gasteiger partial charge in [-0.05, 0) is 23.8 Å².